The molecule has 1 unspecified atom stereocenters. The number of piperidine rings is 1. The standard InChI is InChI=1S/C11H22N2O3/c1-2-11(7-14,8-15)13-10(16)9-4-3-5-12-6-9/h9,12,14-15H,2-8H2,1H3,(H,13,16). The van der Waals surface area contributed by atoms with Crippen molar-refractivity contribution in [1.29, 1.82) is 0 Å². The number of nitrogens with one attached hydrogen (secondary N) is 2. The summed E-state index contributed by atoms with van der Waals surface area (Å²) in [5, 5.41) is 24.4. The maximum Gasteiger partial charge on any atom is 0.224 e. The van der Waals surface area contributed by atoms with Gasteiger partial charge < -0.3 is 20.8 Å². The molecular weight excluding hydrogens is 208 g/mol. The van der Waals surface area contributed by atoms with Gasteiger partial charge in [-0.1, -0.05) is 6.92 Å². The minimum absolute atomic E-state index is 0.0437. The van der Waals surface area contributed by atoms with Crippen LogP contribution in [0, 0.1) is 5.92 Å². The van der Waals surface area contributed by atoms with Crippen LogP contribution in [0.3, 0.4) is 0 Å². The molecule has 0 aliphatic carbocycles. The lowest BCUT2D eigenvalue weighted by Gasteiger charge is -2.32. The Bertz CT molecular complexity index is 215. The van der Waals surface area contributed by atoms with Gasteiger partial charge in [-0.05, 0) is 25.8 Å². The lowest BCUT2D eigenvalue weighted by molar-refractivity contribution is -0.129. The number of hydrogen-bond acceptors (Lipinski definition) is 4. The second kappa shape index (κ2) is 6.18. The lowest BCUT2D eigenvalue weighted by atomic mass is 9.94. The maximum absolute atomic E-state index is 11.9. The van der Waals surface area contributed by atoms with E-state index in [0.717, 1.165) is 19.4 Å². The van der Waals surface area contributed by atoms with Gasteiger partial charge in [-0.3, -0.25) is 4.79 Å². The number of rotatable bonds is 5. The second-order valence-electron chi connectivity index (χ2n) is 4.48. The Morgan fingerprint density at radius 3 is 2.62 bits per heavy atom. The summed E-state index contributed by atoms with van der Waals surface area (Å²) in [4.78, 5) is 11.9. The molecule has 0 aromatic carbocycles. The molecule has 5 nitrogen and oxygen atoms in total. The molecule has 5 heteroatoms. The van der Waals surface area contributed by atoms with Crippen molar-refractivity contribution >= 4 is 5.91 Å². The Hall–Kier alpha value is -0.650. The summed E-state index contributed by atoms with van der Waals surface area (Å²) in [7, 11) is 0. The maximum atomic E-state index is 11.9. The monoisotopic (exact) mass is 230 g/mol. The zero-order chi connectivity index (χ0) is 12.0. The summed E-state index contributed by atoms with van der Waals surface area (Å²) in [6, 6.07) is 0. The Labute approximate surface area is 96.2 Å². The highest BCUT2D eigenvalue weighted by Gasteiger charge is 2.31. The van der Waals surface area contributed by atoms with Crippen molar-refractivity contribution in [3.63, 3.8) is 0 Å². The first kappa shape index (κ1) is 13.4. The molecule has 0 aromatic rings. The first-order valence-corrected chi connectivity index (χ1v) is 5.92. The number of carbonyl (C=O) groups is 1. The summed E-state index contributed by atoms with van der Waals surface area (Å²) >= 11 is 0. The van der Waals surface area contributed by atoms with Crippen molar-refractivity contribution in [2.45, 2.75) is 31.7 Å². The van der Waals surface area contributed by atoms with Crippen LogP contribution in [0.2, 0.25) is 0 Å². The predicted octanol–water partition coefficient (Wildman–Crippen LogP) is -0.764. The van der Waals surface area contributed by atoms with Gasteiger partial charge in [-0.15, -0.1) is 0 Å². The van der Waals surface area contributed by atoms with Crippen molar-refractivity contribution in [1.82, 2.24) is 10.6 Å². The smallest absolute Gasteiger partial charge is 0.224 e. The molecule has 1 aliphatic rings. The molecule has 1 rings (SSSR count). The van der Waals surface area contributed by atoms with Gasteiger partial charge in [0.2, 0.25) is 5.91 Å². The molecule has 94 valence electrons. The van der Waals surface area contributed by atoms with Crippen LogP contribution in [-0.2, 0) is 4.79 Å². The van der Waals surface area contributed by atoms with Crippen molar-refractivity contribution in [2.75, 3.05) is 26.3 Å². The molecule has 0 bridgehead atoms. The predicted molar refractivity (Wildman–Crippen MR) is 60.9 cm³/mol. The van der Waals surface area contributed by atoms with Crippen LogP contribution in [0.4, 0.5) is 0 Å². The van der Waals surface area contributed by atoms with Crippen molar-refractivity contribution in [3.05, 3.63) is 0 Å². The van der Waals surface area contributed by atoms with Gasteiger partial charge in [0.1, 0.15) is 0 Å². The normalized spacial score (nSPS) is 21.8. The molecule has 4 N–H and O–H groups in total. The van der Waals surface area contributed by atoms with Crippen molar-refractivity contribution in [3.8, 4) is 0 Å². The molecule has 0 aromatic heterocycles. The Balaban J connectivity index is 2.53. The van der Waals surface area contributed by atoms with Crippen LogP contribution in [0.1, 0.15) is 26.2 Å². The van der Waals surface area contributed by atoms with Crippen LogP contribution in [0.15, 0.2) is 0 Å². The molecule has 1 fully saturated rings. The number of hydrogen-bond donors (Lipinski definition) is 4. The molecule has 1 amide bonds. The molecule has 1 saturated heterocycles. The molecule has 1 aliphatic heterocycles. The van der Waals surface area contributed by atoms with Crippen molar-refractivity contribution in [2.24, 2.45) is 5.92 Å². The Kier molecular flexibility index (Phi) is 5.18. The third kappa shape index (κ3) is 3.17. The average Bonchev–Trinajstić information content (AvgIpc) is 2.37. The molecular formula is C11H22N2O3. The fourth-order valence-corrected chi connectivity index (χ4v) is 1.88. The number of amides is 1. The number of aliphatic hydroxyl groups is 2. The molecule has 0 saturated carbocycles. The van der Waals surface area contributed by atoms with Crippen LogP contribution < -0.4 is 10.6 Å². The van der Waals surface area contributed by atoms with Gasteiger partial charge >= 0.3 is 0 Å². The van der Waals surface area contributed by atoms with E-state index in [4.69, 9.17) is 0 Å². The average molecular weight is 230 g/mol. The fraction of sp³-hybridized carbons (Fsp3) is 0.909. The van der Waals surface area contributed by atoms with E-state index in [1.54, 1.807) is 0 Å². The van der Waals surface area contributed by atoms with Gasteiger partial charge in [0.05, 0.1) is 24.7 Å². The van der Waals surface area contributed by atoms with Crippen LogP contribution in [-0.4, -0.2) is 48.0 Å². The summed E-state index contributed by atoms with van der Waals surface area (Å²) in [5.74, 6) is -0.116. The number of aliphatic hydroxyl groups excluding tert-OH is 2. The fourth-order valence-electron chi connectivity index (χ4n) is 1.88. The van der Waals surface area contributed by atoms with E-state index in [-0.39, 0.29) is 25.0 Å². The topological polar surface area (TPSA) is 81.6 Å². The zero-order valence-electron chi connectivity index (χ0n) is 9.83. The molecule has 1 heterocycles. The molecule has 1 atom stereocenters. The summed E-state index contributed by atoms with van der Waals surface area (Å²) in [6.07, 6.45) is 2.39. The van der Waals surface area contributed by atoms with E-state index in [1.807, 2.05) is 6.92 Å². The highest BCUT2D eigenvalue weighted by atomic mass is 16.3. The van der Waals surface area contributed by atoms with Gasteiger partial charge in [0.25, 0.3) is 0 Å². The second-order valence-corrected chi connectivity index (χ2v) is 4.48. The van der Waals surface area contributed by atoms with E-state index in [0.29, 0.717) is 13.0 Å². The SMILES string of the molecule is CCC(CO)(CO)NC(=O)C1CCCNC1. The first-order chi connectivity index (χ1) is 7.67. The largest absolute Gasteiger partial charge is 0.394 e. The van der Waals surface area contributed by atoms with Gasteiger partial charge in [0.15, 0.2) is 0 Å². The van der Waals surface area contributed by atoms with Gasteiger partial charge in [-0.2, -0.15) is 0 Å². The first-order valence-electron chi connectivity index (χ1n) is 5.92. The van der Waals surface area contributed by atoms with E-state index < -0.39 is 5.54 Å². The van der Waals surface area contributed by atoms with Gasteiger partial charge in [-0.25, -0.2) is 0 Å². The van der Waals surface area contributed by atoms with Crippen LogP contribution in [0.25, 0.3) is 0 Å². The Morgan fingerprint density at radius 1 is 1.50 bits per heavy atom. The minimum Gasteiger partial charge on any atom is -0.394 e. The van der Waals surface area contributed by atoms with Crippen molar-refractivity contribution < 1.29 is 15.0 Å². The van der Waals surface area contributed by atoms with E-state index in [9.17, 15) is 15.0 Å². The summed E-state index contributed by atoms with van der Waals surface area (Å²) in [5.41, 5.74) is -0.867. The minimum atomic E-state index is -0.867. The quantitative estimate of drug-likeness (QED) is 0.500. The summed E-state index contributed by atoms with van der Waals surface area (Å²) < 4.78 is 0. The van der Waals surface area contributed by atoms with E-state index in [2.05, 4.69) is 10.6 Å². The summed E-state index contributed by atoms with van der Waals surface area (Å²) in [6.45, 7) is 3.02. The third-order valence-corrected chi connectivity index (χ3v) is 3.34. The lowest BCUT2D eigenvalue weighted by Crippen LogP contribution is -2.56. The number of carbonyl (C=O) groups excluding carboxylic acids is 1. The van der Waals surface area contributed by atoms with E-state index >= 15 is 0 Å². The highest BCUT2D eigenvalue weighted by molar-refractivity contribution is 5.79. The molecule has 16 heavy (non-hydrogen) atoms. The van der Waals surface area contributed by atoms with Crippen LogP contribution in [0.5, 0.6) is 0 Å². The molecule has 0 radical (unpaired) electrons. The third-order valence-electron chi connectivity index (χ3n) is 3.34. The zero-order valence-corrected chi connectivity index (χ0v) is 9.83. The van der Waals surface area contributed by atoms with E-state index in [1.165, 1.54) is 0 Å². The highest BCUT2D eigenvalue weighted by Crippen LogP contribution is 2.14. The molecule has 0 spiro atoms. The van der Waals surface area contributed by atoms with Gasteiger partial charge in [0, 0.05) is 6.54 Å². The van der Waals surface area contributed by atoms with Crippen LogP contribution >= 0.6 is 0 Å². The Morgan fingerprint density at radius 2 is 2.19 bits per heavy atom.